The average Bonchev–Trinajstić information content (AvgIpc) is 2.71. The summed E-state index contributed by atoms with van der Waals surface area (Å²) in [4.78, 5) is 12.7. The predicted molar refractivity (Wildman–Crippen MR) is 114 cm³/mol. The van der Waals surface area contributed by atoms with E-state index in [-0.39, 0.29) is 12.6 Å². The highest BCUT2D eigenvalue weighted by Gasteiger charge is 2.23. The number of anilines is 1. The number of carbonyl (C=O) groups excluding carboxylic acids is 1. The third-order valence-electron chi connectivity index (χ3n) is 4.55. The third-order valence-corrected chi connectivity index (χ3v) is 5.69. The van der Waals surface area contributed by atoms with Crippen molar-refractivity contribution in [2.75, 3.05) is 36.9 Å². The summed E-state index contributed by atoms with van der Waals surface area (Å²) in [5.41, 5.74) is 1.20. The van der Waals surface area contributed by atoms with Gasteiger partial charge in [-0.15, -0.1) is 0 Å². The summed E-state index contributed by atoms with van der Waals surface area (Å²) >= 11 is 0. The van der Waals surface area contributed by atoms with Crippen molar-refractivity contribution < 1.29 is 27.4 Å². The number of nitrogens with one attached hydrogen (secondary N) is 1. The van der Waals surface area contributed by atoms with Crippen molar-refractivity contribution >= 4 is 21.6 Å². The molecule has 0 fully saturated rings. The highest BCUT2D eigenvalue weighted by atomic mass is 32.2. The normalized spacial score (nSPS) is 14.0. The van der Waals surface area contributed by atoms with Crippen molar-refractivity contribution in [3.05, 3.63) is 48.0 Å². The summed E-state index contributed by atoms with van der Waals surface area (Å²) in [6.45, 7) is 4.75. The number of hydrogen-bond donors (Lipinski definition) is 1. The highest BCUT2D eigenvalue weighted by molar-refractivity contribution is 7.92. The number of rotatable bonds is 8. The van der Waals surface area contributed by atoms with Crippen LogP contribution < -0.4 is 23.8 Å². The molecular weight excluding hydrogens is 408 g/mol. The number of ether oxygens (including phenoxy) is 3. The van der Waals surface area contributed by atoms with E-state index in [9.17, 15) is 13.2 Å². The molecule has 1 N–H and O–H groups in total. The van der Waals surface area contributed by atoms with Crippen molar-refractivity contribution in [3.63, 3.8) is 0 Å². The quantitative estimate of drug-likeness (QED) is 0.686. The SMILES string of the molecule is CCOc1cccc(N(CC(=O)N[C@H](C)c2ccc3c(c2)OCCO3)S(C)(=O)=O)c1. The van der Waals surface area contributed by atoms with E-state index in [1.54, 1.807) is 30.3 Å². The Hall–Kier alpha value is -2.94. The lowest BCUT2D eigenvalue weighted by molar-refractivity contribution is -0.120. The van der Waals surface area contributed by atoms with Crippen LogP contribution in [0.1, 0.15) is 25.5 Å². The number of hydrogen-bond acceptors (Lipinski definition) is 6. The molecule has 3 rings (SSSR count). The van der Waals surface area contributed by atoms with Gasteiger partial charge in [0, 0.05) is 6.07 Å². The largest absolute Gasteiger partial charge is 0.494 e. The van der Waals surface area contributed by atoms with Crippen LogP contribution in [0.25, 0.3) is 0 Å². The standard InChI is InChI=1S/C21H26N2O6S/c1-4-27-18-7-5-6-17(13-18)23(30(3,25)26)14-21(24)22-15(2)16-8-9-19-20(12-16)29-11-10-28-19/h5-9,12-13,15H,4,10-11,14H2,1-3H3,(H,22,24)/t15-/m1/s1. The van der Waals surface area contributed by atoms with E-state index in [2.05, 4.69) is 5.32 Å². The van der Waals surface area contributed by atoms with E-state index in [1.165, 1.54) is 0 Å². The van der Waals surface area contributed by atoms with Crippen molar-refractivity contribution in [1.82, 2.24) is 5.32 Å². The maximum atomic E-state index is 12.7. The fourth-order valence-corrected chi connectivity index (χ4v) is 3.97. The number of fused-ring (bicyclic) bond motifs is 1. The van der Waals surface area contributed by atoms with Crippen LogP contribution in [0.3, 0.4) is 0 Å². The fraction of sp³-hybridized carbons (Fsp3) is 0.381. The minimum atomic E-state index is -3.68. The van der Waals surface area contributed by atoms with E-state index in [0.29, 0.717) is 42.8 Å². The first-order chi connectivity index (χ1) is 14.3. The van der Waals surface area contributed by atoms with Gasteiger partial charge in [0.2, 0.25) is 15.9 Å². The number of sulfonamides is 1. The molecule has 0 aromatic heterocycles. The smallest absolute Gasteiger partial charge is 0.241 e. The number of nitrogens with zero attached hydrogens (tertiary/aromatic N) is 1. The zero-order valence-electron chi connectivity index (χ0n) is 17.3. The minimum absolute atomic E-state index is 0.343. The predicted octanol–water partition coefficient (Wildman–Crippen LogP) is 2.50. The maximum Gasteiger partial charge on any atom is 0.241 e. The van der Waals surface area contributed by atoms with Gasteiger partial charge in [-0.2, -0.15) is 0 Å². The second-order valence-electron chi connectivity index (χ2n) is 6.89. The van der Waals surface area contributed by atoms with Gasteiger partial charge < -0.3 is 19.5 Å². The van der Waals surface area contributed by atoms with Gasteiger partial charge >= 0.3 is 0 Å². The van der Waals surface area contributed by atoms with E-state index in [1.807, 2.05) is 26.0 Å². The second-order valence-corrected chi connectivity index (χ2v) is 8.80. The van der Waals surface area contributed by atoms with Crippen LogP contribution in [0.5, 0.6) is 17.2 Å². The molecule has 1 amide bonds. The van der Waals surface area contributed by atoms with Gasteiger partial charge in [0.1, 0.15) is 25.5 Å². The molecule has 8 nitrogen and oxygen atoms in total. The Morgan fingerprint density at radius 2 is 1.90 bits per heavy atom. The molecular formula is C21H26N2O6S. The first-order valence-electron chi connectivity index (χ1n) is 9.67. The van der Waals surface area contributed by atoms with E-state index in [4.69, 9.17) is 14.2 Å². The molecule has 1 aliphatic rings. The van der Waals surface area contributed by atoms with Gasteiger partial charge in [-0.1, -0.05) is 12.1 Å². The topological polar surface area (TPSA) is 94.2 Å². The fourth-order valence-electron chi connectivity index (χ4n) is 3.13. The molecule has 0 unspecified atom stereocenters. The Bertz CT molecular complexity index is 1010. The maximum absolute atomic E-state index is 12.7. The van der Waals surface area contributed by atoms with Crippen LogP contribution in [0.15, 0.2) is 42.5 Å². The summed E-state index contributed by atoms with van der Waals surface area (Å²) in [5.74, 6) is 1.41. The van der Waals surface area contributed by atoms with Crippen LogP contribution in [0.2, 0.25) is 0 Å². The van der Waals surface area contributed by atoms with Gasteiger partial charge in [0.25, 0.3) is 0 Å². The number of carbonyl (C=O) groups is 1. The lowest BCUT2D eigenvalue weighted by Gasteiger charge is -2.24. The summed E-state index contributed by atoms with van der Waals surface area (Å²) in [6, 6.07) is 11.8. The molecule has 0 radical (unpaired) electrons. The Morgan fingerprint density at radius 3 is 2.60 bits per heavy atom. The van der Waals surface area contributed by atoms with E-state index >= 15 is 0 Å². The highest BCUT2D eigenvalue weighted by Crippen LogP contribution is 2.32. The number of benzene rings is 2. The zero-order valence-corrected chi connectivity index (χ0v) is 18.1. The summed E-state index contributed by atoms with van der Waals surface area (Å²) in [7, 11) is -3.68. The molecule has 1 heterocycles. The van der Waals surface area contributed by atoms with Crippen LogP contribution >= 0.6 is 0 Å². The van der Waals surface area contributed by atoms with E-state index < -0.39 is 15.9 Å². The molecule has 1 aliphatic heterocycles. The van der Waals surface area contributed by atoms with Crippen molar-refractivity contribution in [2.24, 2.45) is 0 Å². The lowest BCUT2D eigenvalue weighted by atomic mass is 10.1. The molecule has 0 spiro atoms. The van der Waals surface area contributed by atoms with Crippen LogP contribution in [-0.2, 0) is 14.8 Å². The van der Waals surface area contributed by atoms with Crippen molar-refractivity contribution in [3.8, 4) is 17.2 Å². The lowest BCUT2D eigenvalue weighted by Crippen LogP contribution is -2.41. The molecule has 2 aromatic rings. The van der Waals surface area contributed by atoms with Crippen molar-refractivity contribution in [2.45, 2.75) is 19.9 Å². The molecule has 0 aliphatic carbocycles. The summed E-state index contributed by atoms with van der Waals surface area (Å²) < 4.78 is 42.2. The Kier molecular flexibility index (Phi) is 6.71. The molecule has 2 aromatic carbocycles. The zero-order chi connectivity index (χ0) is 21.7. The van der Waals surface area contributed by atoms with Gasteiger partial charge in [-0.3, -0.25) is 9.10 Å². The second kappa shape index (κ2) is 9.25. The van der Waals surface area contributed by atoms with Gasteiger partial charge in [0.05, 0.1) is 24.6 Å². The van der Waals surface area contributed by atoms with Gasteiger partial charge in [0.15, 0.2) is 11.5 Å². The minimum Gasteiger partial charge on any atom is -0.494 e. The van der Waals surface area contributed by atoms with Gasteiger partial charge in [-0.25, -0.2) is 8.42 Å². The van der Waals surface area contributed by atoms with E-state index in [0.717, 1.165) is 16.1 Å². The molecule has 162 valence electrons. The first-order valence-corrected chi connectivity index (χ1v) is 11.5. The molecule has 0 saturated carbocycles. The summed E-state index contributed by atoms with van der Waals surface area (Å²) in [6.07, 6.45) is 1.07. The Balaban J connectivity index is 1.72. The summed E-state index contributed by atoms with van der Waals surface area (Å²) in [5, 5.41) is 2.84. The monoisotopic (exact) mass is 434 g/mol. The average molecular weight is 435 g/mol. The van der Waals surface area contributed by atoms with Crippen LogP contribution in [0.4, 0.5) is 5.69 Å². The van der Waals surface area contributed by atoms with Crippen molar-refractivity contribution in [1.29, 1.82) is 0 Å². The molecule has 1 atom stereocenters. The number of amides is 1. The first kappa shape index (κ1) is 21.8. The van der Waals surface area contributed by atoms with Gasteiger partial charge in [-0.05, 0) is 43.7 Å². The Morgan fingerprint density at radius 1 is 1.17 bits per heavy atom. The Labute approximate surface area is 176 Å². The molecule has 9 heteroatoms. The van der Waals surface area contributed by atoms with Crippen LogP contribution in [0, 0.1) is 0 Å². The van der Waals surface area contributed by atoms with Crippen LogP contribution in [-0.4, -0.2) is 46.9 Å². The third kappa shape index (κ3) is 5.35. The molecule has 0 saturated heterocycles. The molecule has 0 bridgehead atoms. The molecule has 30 heavy (non-hydrogen) atoms.